The van der Waals surface area contributed by atoms with Crippen LogP contribution in [0.2, 0.25) is 0 Å². The van der Waals surface area contributed by atoms with Gasteiger partial charge in [-0.1, -0.05) is 15.9 Å². The molecule has 0 spiro atoms. The van der Waals surface area contributed by atoms with Gasteiger partial charge >= 0.3 is 5.97 Å². The Morgan fingerprint density at radius 1 is 1.27 bits per heavy atom. The van der Waals surface area contributed by atoms with Gasteiger partial charge in [-0.3, -0.25) is 4.79 Å². The average Bonchev–Trinajstić information content (AvgIpc) is 1.98. The smallest absolute Gasteiger partial charge is 0.303 e. The van der Waals surface area contributed by atoms with Gasteiger partial charge in [0.25, 0.3) is 0 Å². The number of alkyl halides is 1. The minimum absolute atomic E-state index is 0.0792. The third-order valence-electron chi connectivity index (χ3n) is 2.13. The van der Waals surface area contributed by atoms with E-state index in [1.807, 2.05) is 13.8 Å². The highest BCUT2D eigenvalue weighted by Gasteiger charge is 2.21. The quantitative estimate of drug-likeness (QED) is 0.729. The van der Waals surface area contributed by atoms with Crippen LogP contribution in [-0.2, 0) is 9.53 Å². The molecule has 0 amide bonds. The molecule has 0 radical (unpaired) electrons. The molecule has 0 heterocycles. The first-order chi connectivity index (χ1) is 6.62. The van der Waals surface area contributed by atoms with Gasteiger partial charge in [0, 0.05) is 17.4 Å². The van der Waals surface area contributed by atoms with Gasteiger partial charge in [0.15, 0.2) is 0 Å². The molecule has 3 nitrogen and oxygen atoms in total. The molecular formula is C11H21BrO3. The summed E-state index contributed by atoms with van der Waals surface area (Å²) < 4.78 is 5.74. The summed E-state index contributed by atoms with van der Waals surface area (Å²) in [7, 11) is 0. The molecule has 0 bridgehead atoms. The minimum atomic E-state index is -0.771. The van der Waals surface area contributed by atoms with Crippen molar-refractivity contribution in [2.45, 2.75) is 56.9 Å². The van der Waals surface area contributed by atoms with Gasteiger partial charge in [0.2, 0.25) is 0 Å². The van der Waals surface area contributed by atoms with Crippen LogP contribution in [0.3, 0.4) is 0 Å². The Morgan fingerprint density at radius 3 is 2.20 bits per heavy atom. The number of hydrogen-bond acceptors (Lipinski definition) is 2. The monoisotopic (exact) mass is 280 g/mol. The molecule has 0 saturated heterocycles. The number of halogens is 1. The second kappa shape index (κ2) is 5.85. The van der Waals surface area contributed by atoms with Crippen molar-refractivity contribution in [3.63, 3.8) is 0 Å². The van der Waals surface area contributed by atoms with E-state index in [1.165, 1.54) is 0 Å². The van der Waals surface area contributed by atoms with Crippen molar-refractivity contribution in [1.29, 1.82) is 0 Å². The van der Waals surface area contributed by atoms with Crippen molar-refractivity contribution in [2.75, 3.05) is 6.61 Å². The molecule has 0 aromatic heterocycles. The minimum Gasteiger partial charge on any atom is -0.481 e. The first-order valence-corrected chi connectivity index (χ1v) is 5.96. The molecule has 0 aliphatic carbocycles. The number of carboxylic acids is 1. The third kappa shape index (κ3) is 10.2. The Morgan fingerprint density at radius 2 is 1.80 bits per heavy atom. The highest BCUT2D eigenvalue weighted by atomic mass is 79.9. The Bertz CT molecular complexity index is 206. The van der Waals surface area contributed by atoms with E-state index in [0.717, 1.165) is 6.42 Å². The summed E-state index contributed by atoms with van der Waals surface area (Å²) in [6.45, 7) is 8.67. The van der Waals surface area contributed by atoms with E-state index in [-0.39, 0.29) is 16.3 Å². The molecule has 0 fully saturated rings. The third-order valence-corrected chi connectivity index (χ3v) is 2.53. The lowest BCUT2D eigenvalue weighted by molar-refractivity contribution is -0.138. The molecule has 0 aliphatic rings. The first kappa shape index (κ1) is 14.9. The Labute approximate surface area is 100 Å². The van der Waals surface area contributed by atoms with Crippen LogP contribution < -0.4 is 0 Å². The van der Waals surface area contributed by atoms with E-state index >= 15 is 0 Å². The topological polar surface area (TPSA) is 46.5 Å². The molecule has 15 heavy (non-hydrogen) atoms. The van der Waals surface area contributed by atoms with Crippen LogP contribution >= 0.6 is 15.9 Å². The van der Waals surface area contributed by atoms with E-state index in [0.29, 0.717) is 13.0 Å². The molecule has 0 rings (SSSR count). The molecule has 0 aromatic rings. The van der Waals surface area contributed by atoms with E-state index in [2.05, 4.69) is 29.8 Å². The normalized spacial score (nSPS) is 12.9. The zero-order valence-electron chi connectivity index (χ0n) is 9.97. The van der Waals surface area contributed by atoms with Gasteiger partial charge in [-0.15, -0.1) is 0 Å². The maximum Gasteiger partial charge on any atom is 0.303 e. The number of aliphatic carboxylic acids is 1. The highest BCUT2D eigenvalue weighted by Crippen LogP contribution is 2.23. The molecule has 0 unspecified atom stereocenters. The van der Waals surface area contributed by atoms with Crippen molar-refractivity contribution < 1.29 is 14.6 Å². The number of ether oxygens (including phenoxy) is 1. The van der Waals surface area contributed by atoms with Crippen LogP contribution in [-0.4, -0.2) is 27.6 Å². The molecule has 0 aromatic carbocycles. The fourth-order valence-corrected chi connectivity index (χ4v) is 1.21. The summed E-state index contributed by atoms with van der Waals surface area (Å²) in [5, 5.41) is 8.57. The molecule has 90 valence electrons. The average molecular weight is 281 g/mol. The van der Waals surface area contributed by atoms with Crippen molar-refractivity contribution in [2.24, 2.45) is 0 Å². The van der Waals surface area contributed by atoms with Crippen molar-refractivity contribution in [3.8, 4) is 0 Å². The molecule has 0 atom stereocenters. The fraction of sp³-hybridized carbons (Fsp3) is 0.909. The standard InChI is InChI=1S/C11H21BrO3/c1-10(2,12)7-8-15-11(3,4)6-5-9(13)14/h5-8H2,1-4H3,(H,13,14). The molecule has 4 heteroatoms. The second-order valence-corrected chi connectivity index (χ2v) is 7.12. The highest BCUT2D eigenvalue weighted by molar-refractivity contribution is 9.10. The summed E-state index contributed by atoms with van der Waals surface area (Å²) in [5.74, 6) is -0.771. The van der Waals surface area contributed by atoms with Gasteiger partial charge < -0.3 is 9.84 Å². The van der Waals surface area contributed by atoms with Crippen LogP contribution in [0.15, 0.2) is 0 Å². The van der Waals surface area contributed by atoms with E-state index in [1.54, 1.807) is 0 Å². The van der Waals surface area contributed by atoms with Crippen molar-refractivity contribution >= 4 is 21.9 Å². The Hall–Kier alpha value is -0.0900. The summed E-state index contributed by atoms with van der Waals surface area (Å²) in [4.78, 5) is 10.4. The van der Waals surface area contributed by atoms with E-state index < -0.39 is 5.97 Å². The van der Waals surface area contributed by atoms with Gasteiger partial charge in [-0.25, -0.2) is 0 Å². The lowest BCUT2D eigenvalue weighted by Gasteiger charge is -2.26. The van der Waals surface area contributed by atoms with Gasteiger partial charge in [-0.2, -0.15) is 0 Å². The predicted octanol–water partition coefficient (Wildman–Crippen LogP) is 3.21. The summed E-state index contributed by atoms with van der Waals surface area (Å²) in [6.07, 6.45) is 1.61. The number of rotatable bonds is 7. The van der Waals surface area contributed by atoms with Crippen molar-refractivity contribution in [3.05, 3.63) is 0 Å². The molecule has 0 saturated carbocycles. The number of carboxylic acid groups (broad SMARTS) is 1. The summed E-state index contributed by atoms with van der Waals surface area (Å²) in [5.41, 5.74) is -0.351. The summed E-state index contributed by atoms with van der Waals surface area (Å²) >= 11 is 3.53. The lowest BCUT2D eigenvalue weighted by atomic mass is 10.0. The number of carbonyl (C=O) groups is 1. The maximum absolute atomic E-state index is 10.4. The largest absolute Gasteiger partial charge is 0.481 e. The lowest BCUT2D eigenvalue weighted by Crippen LogP contribution is -2.27. The second-order valence-electron chi connectivity index (χ2n) is 4.97. The van der Waals surface area contributed by atoms with Crippen LogP contribution in [0.1, 0.15) is 47.0 Å². The van der Waals surface area contributed by atoms with Crippen LogP contribution in [0.25, 0.3) is 0 Å². The SMILES string of the molecule is CC(C)(Br)CCOC(C)(C)CCC(=O)O. The Balaban J connectivity index is 3.78. The van der Waals surface area contributed by atoms with E-state index in [4.69, 9.17) is 9.84 Å². The number of hydrogen-bond donors (Lipinski definition) is 1. The molecule has 0 aliphatic heterocycles. The van der Waals surface area contributed by atoms with Gasteiger partial charge in [-0.05, 0) is 40.5 Å². The first-order valence-electron chi connectivity index (χ1n) is 5.17. The summed E-state index contributed by atoms with van der Waals surface area (Å²) in [6, 6.07) is 0. The van der Waals surface area contributed by atoms with Crippen LogP contribution in [0, 0.1) is 0 Å². The van der Waals surface area contributed by atoms with E-state index in [9.17, 15) is 4.79 Å². The van der Waals surface area contributed by atoms with Crippen LogP contribution in [0.4, 0.5) is 0 Å². The molecular weight excluding hydrogens is 260 g/mol. The predicted molar refractivity (Wildman–Crippen MR) is 64.5 cm³/mol. The van der Waals surface area contributed by atoms with Crippen LogP contribution in [0.5, 0.6) is 0 Å². The fourth-order valence-electron chi connectivity index (χ4n) is 1.05. The van der Waals surface area contributed by atoms with Gasteiger partial charge in [0.1, 0.15) is 0 Å². The Kier molecular flexibility index (Phi) is 5.81. The zero-order valence-corrected chi connectivity index (χ0v) is 11.6. The van der Waals surface area contributed by atoms with Crippen molar-refractivity contribution in [1.82, 2.24) is 0 Å². The maximum atomic E-state index is 10.4. The zero-order chi connectivity index (χ0) is 12.1. The molecule has 1 N–H and O–H groups in total. The van der Waals surface area contributed by atoms with Gasteiger partial charge in [0.05, 0.1) is 5.60 Å².